The van der Waals surface area contributed by atoms with Crippen LogP contribution in [0, 0.1) is 11.6 Å². The highest BCUT2D eigenvalue weighted by atomic mass is 19.1. The number of aliphatic hydroxyl groups is 1. The van der Waals surface area contributed by atoms with Crippen LogP contribution in [0.4, 0.5) is 14.5 Å². The van der Waals surface area contributed by atoms with Crippen LogP contribution in [0.1, 0.15) is 17.2 Å². The van der Waals surface area contributed by atoms with Gasteiger partial charge in [0.25, 0.3) is 11.7 Å². The fraction of sp³-hybridized carbons (Fsp3) is 0.0833. The molecule has 1 fully saturated rings. The van der Waals surface area contributed by atoms with E-state index < -0.39 is 35.1 Å². The van der Waals surface area contributed by atoms with Crippen LogP contribution in [0.5, 0.6) is 11.5 Å². The number of hydrogen-bond acceptors (Lipinski definition) is 5. The molecule has 0 radical (unpaired) electrons. The van der Waals surface area contributed by atoms with Crippen LogP contribution >= 0.6 is 0 Å². The number of benzene rings is 3. The minimum absolute atomic E-state index is 0.151. The molecule has 1 heterocycles. The maximum Gasteiger partial charge on any atom is 0.300 e. The lowest BCUT2D eigenvalue weighted by atomic mass is 9.94. The van der Waals surface area contributed by atoms with Crippen LogP contribution in [0.3, 0.4) is 0 Å². The zero-order valence-electron chi connectivity index (χ0n) is 16.8. The van der Waals surface area contributed by atoms with E-state index in [1.165, 1.54) is 37.4 Å². The van der Waals surface area contributed by atoms with Gasteiger partial charge in [-0.25, -0.2) is 8.78 Å². The third-order valence-corrected chi connectivity index (χ3v) is 5.16. The number of phenols is 1. The summed E-state index contributed by atoms with van der Waals surface area (Å²) in [4.78, 5) is 26.9. The molecule has 1 aliphatic heterocycles. The zero-order chi connectivity index (χ0) is 23.0. The molecule has 1 aliphatic rings. The van der Waals surface area contributed by atoms with Gasteiger partial charge in [-0.15, -0.1) is 0 Å². The molecule has 0 spiro atoms. The number of anilines is 1. The number of halogens is 2. The fourth-order valence-corrected chi connectivity index (χ4v) is 3.75. The van der Waals surface area contributed by atoms with E-state index in [2.05, 4.69) is 0 Å². The number of carbonyl (C=O) groups is 2. The Labute approximate surface area is 181 Å². The first-order valence-electron chi connectivity index (χ1n) is 9.52. The van der Waals surface area contributed by atoms with Gasteiger partial charge in [-0.3, -0.25) is 14.5 Å². The second-order valence-electron chi connectivity index (χ2n) is 7.06. The first kappa shape index (κ1) is 21.0. The second-order valence-corrected chi connectivity index (χ2v) is 7.06. The third-order valence-electron chi connectivity index (χ3n) is 5.16. The summed E-state index contributed by atoms with van der Waals surface area (Å²) in [6.07, 6.45) is 0. The summed E-state index contributed by atoms with van der Waals surface area (Å²) in [6.45, 7) is 0. The van der Waals surface area contributed by atoms with Crippen LogP contribution in [-0.2, 0) is 9.59 Å². The van der Waals surface area contributed by atoms with Gasteiger partial charge in [-0.2, -0.15) is 0 Å². The summed E-state index contributed by atoms with van der Waals surface area (Å²) in [5, 5.41) is 21.0. The number of ketones is 1. The molecule has 1 unspecified atom stereocenters. The standard InChI is InChI=1S/C24H17F2NO5/c1-32-19-8-3-2-7-16(19)22(29)20-21(13-5-4-6-15(28)11-13)27(24(31)23(20)30)18-10-9-14(25)12-17(18)26/h2-12,21,28-29H,1H3/b22-20+. The quantitative estimate of drug-likeness (QED) is 0.361. The van der Waals surface area contributed by atoms with E-state index in [9.17, 15) is 28.6 Å². The Hall–Kier alpha value is -4.20. The van der Waals surface area contributed by atoms with Gasteiger partial charge in [0.1, 0.15) is 28.9 Å². The van der Waals surface area contributed by atoms with E-state index in [1.807, 2.05) is 0 Å². The first-order valence-corrected chi connectivity index (χ1v) is 9.52. The molecule has 2 N–H and O–H groups in total. The van der Waals surface area contributed by atoms with Gasteiger partial charge in [0, 0.05) is 6.07 Å². The van der Waals surface area contributed by atoms with Crippen LogP contribution in [-0.4, -0.2) is 29.0 Å². The van der Waals surface area contributed by atoms with Gasteiger partial charge in [0.2, 0.25) is 0 Å². The van der Waals surface area contributed by atoms with Crippen molar-refractivity contribution in [1.82, 2.24) is 0 Å². The molecule has 162 valence electrons. The molecule has 32 heavy (non-hydrogen) atoms. The highest BCUT2D eigenvalue weighted by molar-refractivity contribution is 6.51. The Bertz CT molecular complexity index is 1270. The Morgan fingerprint density at radius 2 is 1.75 bits per heavy atom. The normalized spacial score (nSPS) is 17.6. The van der Waals surface area contributed by atoms with Crippen LogP contribution in [0.2, 0.25) is 0 Å². The topological polar surface area (TPSA) is 87.1 Å². The van der Waals surface area contributed by atoms with Crippen molar-refractivity contribution in [3.63, 3.8) is 0 Å². The number of carbonyl (C=O) groups excluding carboxylic acids is 2. The highest BCUT2D eigenvalue weighted by Crippen LogP contribution is 2.44. The molecule has 8 heteroatoms. The maximum absolute atomic E-state index is 14.6. The smallest absolute Gasteiger partial charge is 0.300 e. The Kier molecular flexibility index (Phi) is 5.36. The molecule has 0 aromatic heterocycles. The Morgan fingerprint density at radius 1 is 1.00 bits per heavy atom. The second kappa shape index (κ2) is 8.14. The number of aromatic hydroxyl groups is 1. The summed E-state index contributed by atoms with van der Waals surface area (Å²) in [6, 6.07) is 13.3. The number of Topliss-reactive ketones (excluding diaryl/α,β-unsaturated/α-hetero) is 1. The van der Waals surface area contributed by atoms with Crippen molar-refractivity contribution in [2.24, 2.45) is 0 Å². The van der Waals surface area contributed by atoms with Crippen LogP contribution in [0.25, 0.3) is 5.76 Å². The number of para-hydroxylation sites is 1. The molecule has 0 saturated carbocycles. The average Bonchev–Trinajstić information content (AvgIpc) is 3.04. The fourth-order valence-electron chi connectivity index (χ4n) is 3.75. The molecule has 3 aromatic rings. The molecule has 6 nitrogen and oxygen atoms in total. The maximum atomic E-state index is 14.6. The van der Waals surface area contributed by atoms with Gasteiger partial charge in [0.05, 0.1) is 30.0 Å². The monoisotopic (exact) mass is 437 g/mol. The van der Waals surface area contributed by atoms with Crippen LogP contribution < -0.4 is 9.64 Å². The Balaban J connectivity index is 2.00. The van der Waals surface area contributed by atoms with E-state index in [0.29, 0.717) is 6.07 Å². The lowest BCUT2D eigenvalue weighted by Crippen LogP contribution is -2.30. The van der Waals surface area contributed by atoms with Gasteiger partial charge in [-0.05, 0) is 42.0 Å². The molecule has 3 aromatic carbocycles. The van der Waals surface area contributed by atoms with Crippen molar-refractivity contribution in [3.8, 4) is 11.5 Å². The van der Waals surface area contributed by atoms with E-state index in [0.717, 1.165) is 17.0 Å². The van der Waals surface area contributed by atoms with E-state index >= 15 is 0 Å². The number of nitrogens with zero attached hydrogens (tertiary/aromatic N) is 1. The molecule has 1 amide bonds. The van der Waals surface area contributed by atoms with E-state index in [-0.39, 0.29) is 33.9 Å². The minimum atomic E-state index is -1.29. The number of phenolic OH excluding ortho intramolecular Hbond substituents is 1. The minimum Gasteiger partial charge on any atom is -0.508 e. The van der Waals surface area contributed by atoms with E-state index in [1.54, 1.807) is 18.2 Å². The predicted molar refractivity (Wildman–Crippen MR) is 112 cm³/mol. The molecule has 0 aliphatic carbocycles. The molecular weight excluding hydrogens is 420 g/mol. The molecule has 1 saturated heterocycles. The Morgan fingerprint density at radius 3 is 2.44 bits per heavy atom. The number of aliphatic hydroxyl groups excluding tert-OH is 1. The van der Waals surface area contributed by atoms with Crippen molar-refractivity contribution in [1.29, 1.82) is 0 Å². The third kappa shape index (κ3) is 3.45. The predicted octanol–water partition coefficient (Wildman–Crippen LogP) is 4.31. The zero-order valence-corrected chi connectivity index (χ0v) is 16.8. The van der Waals surface area contributed by atoms with E-state index in [4.69, 9.17) is 4.74 Å². The van der Waals surface area contributed by atoms with Crippen molar-refractivity contribution >= 4 is 23.1 Å². The summed E-state index contributed by atoms with van der Waals surface area (Å²) >= 11 is 0. The van der Waals surface area contributed by atoms with Gasteiger partial charge >= 0.3 is 0 Å². The van der Waals surface area contributed by atoms with Crippen LogP contribution in [0.15, 0.2) is 72.3 Å². The van der Waals surface area contributed by atoms with Crippen molar-refractivity contribution in [2.75, 3.05) is 12.0 Å². The number of rotatable bonds is 4. The first-order chi connectivity index (χ1) is 15.3. The lowest BCUT2D eigenvalue weighted by molar-refractivity contribution is -0.132. The number of ether oxygens (including phenoxy) is 1. The largest absolute Gasteiger partial charge is 0.508 e. The SMILES string of the molecule is COc1ccccc1/C(O)=C1\C(=O)C(=O)N(c2ccc(F)cc2F)C1c1cccc(O)c1. The number of methoxy groups -OCH3 is 1. The summed E-state index contributed by atoms with van der Waals surface area (Å²) in [5.74, 6) is -4.53. The summed E-state index contributed by atoms with van der Waals surface area (Å²) < 4.78 is 33.4. The van der Waals surface area contributed by atoms with Gasteiger partial charge in [-0.1, -0.05) is 24.3 Å². The summed E-state index contributed by atoms with van der Waals surface area (Å²) in [5.41, 5.74) is -0.281. The van der Waals surface area contributed by atoms with Crippen molar-refractivity contribution in [3.05, 3.63) is 95.1 Å². The number of amides is 1. The van der Waals surface area contributed by atoms with Crippen molar-refractivity contribution < 1.29 is 33.3 Å². The molecule has 0 bridgehead atoms. The number of hydrogen-bond donors (Lipinski definition) is 2. The average molecular weight is 437 g/mol. The summed E-state index contributed by atoms with van der Waals surface area (Å²) in [7, 11) is 1.38. The highest BCUT2D eigenvalue weighted by Gasteiger charge is 2.48. The van der Waals surface area contributed by atoms with Gasteiger partial charge in [0.15, 0.2) is 0 Å². The molecule has 4 rings (SSSR count). The molecular formula is C24H17F2NO5. The lowest BCUT2D eigenvalue weighted by Gasteiger charge is -2.26. The molecule has 1 atom stereocenters. The van der Waals surface area contributed by atoms with Gasteiger partial charge < -0.3 is 14.9 Å². The van der Waals surface area contributed by atoms with Crippen molar-refractivity contribution in [2.45, 2.75) is 6.04 Å².